The summed E-state index contributed by atoms with van der Waals surface area (Å²) in [5.74, 6) is 0. The lowest BCUT2D eigenvalue weighted by Crippen LogP contribution is -2.00. The van der Waals surface area contributed by atoms with E-state index in [0.717, 1.165) is 21.3 Å². The molecular weight excluding hydrogens is 308 g/mol. The molecule has 0 bridgehead atoms. The molecule has 1 aromatic heterocycles. The van der Waals surface area contributed by atoms with Crippen molar-refractivity contribution in [1.29, 1.82) is 0 Å². The van der Waals surface area contributed by atoms with Gasteiger partial charge in [0.1, 0.15) is 6.10 Å². The second-order valence-corrected chi connectivity index (χ2v) is 7.48. The molecule has 1 nitrogen and oxygen atoms in total. The number of aliphatic hydroxyl groups excluding tert-OH is 1. The number of rotatable bonds is 2. The third-order valence-corrected chi connectivity index (χ3v) is 5.23. The van der Waals surface area contributed by atoms with Gasteiger partial charge in [-0.3, -0.25) is 0 Å². The van der Waals surface area contributed by atoms with Crippen molar-refractivity contribution in [3.05, 3.63) is 55.2 Å². The van der Waals surface area contributed by atoms with Crippen LogP contribution in [0.4, 0.5) is 0 Å². The molecule has 1 N–H and O–H groups in total. The van der Waals surface area contributed by atoms with Gasteiger partial charge < -0.3 is 5.11 Å². The van der Waals surface area contributed by atoms with Gasteiger partial charge in [0.15, 0.2) is 0 Å². The maximum absolute atomic E-state index is 10.5. The Morgan fingerprint density at radius 1 is 1.22 bits per heavy atom. The van der Waals surface area contributed by atoms with Gasteiger partial charge >= 0.3 is 0 Å². The number of aliphatic hydroxyl groups is 1. The summed E-state index contributed by atoms with van der Waals surface area (Å²) in [6.45, 7) is 2.06. The zero-order chi connectivity index (χ0) is 12.7. The van der Waals surface area contributed by atoms with Gasteiger partial charge in [-0.05, 0) is 70.4 Å². The SMILES string of the molecule is Cc1sc(Br)cc1C(O)c1ccc2c(c1)CCC2. The minimum absolute atomic E-state index is 0.501. The highest BCUT2D eigenvalue weighted by Gasteiger charge is 2.18. The Morgan fingerprint density at radius 3 is 2.72 bits per heavy atom. The summed E-state index contributed by atoms with van der Waals surface area (Å²) in [7, 11) is 0. The Morgan fingerprint density at radius 2 is 2.00 bits per heavy atom. The smallest absolute Gasteiger partial charge is 0.105 e. The Labute approximate surface area is 120 Å². The fraction of sp³-hybridized carbons (Fsp3) is 0.333. The summed E-state index contributed by atoms with van der Waals surface area (Å²) < 4.78 is 1.08. The van der Waals surface area contributed by atoms with Gasteiger partial charge in [0, 0.05) is 4.88 Å². The quantitative estimate of drug-likeness (QED) is 0.869. The molecule has 1 heterocycles. The Balaban J connectivity index is 1.97. The third kappa shape index (κ3) is 2.15. The van der Waals surface area contributed by atoms with E-state index in [2.05, 4.69) is 41.1 Å². The van der Waals surface area contributed by atoms with Crippen molar-refractivity contribution in [2.45, 2.75) is 32.3 Å². The second-order valence-electron chi connectivity index (χ2n) is 4.85. The lowest BCUT2D eigenvalue weighted by Gasteiger charge is -2.12. The zero-order valence-electron chi connectivity index (χ0n) is 10.2. The van der Waals surface area contributed by atoms with E-state index in [1.165, 1.54) is 28.8 Å². The van der Waals surface area contributed by atoms with E-state index in [4.69, 9.17) is 0 Å². The number of aryl methyl sites for hydroxylation is 3. The molecule has 0 saturated heterocycles. The molecule has 3 heteroatoms. The fourth-order valence-electron chi connectivity index (χ4n) is 2.67. The molecule has 2 aromatic rings. The molecule has 1 aromatic carbocycles. The van der Waals surface area contributed by atoms with Gasteiger partial charge in [-0.25, -0.2) is 0 Å². The van der Waals surface area contributed by atoms with Crippen LogP contribution in [0.15, 0.2) is 28.1 Å². The van der Waals surface area contributed by atoms with Crippen molar-refractivity contribution in [1.82, 2.24) is 0 Å². The minimum Gasteiger partial charge on any atom is -0.384 e. The van der Waals surface area contributed by atoms with E-state index in [9.17, 15) is 5.11 Å². The fourth-order valence-corrected chi connectivity index (χ4v) is 4.41. The average Bonchev–Trinajstić information content (AvgIpc) is 2.93. The summed E-state index contributed by atoms with van der Waals surface area (Å²) in [4.78, 5) is 1.18. The first kappa shape index (κ1) is 12.4. The predicted octanol–water partition coefficient (Wildman–Crippen LogP) is 4.39. The monoisotopic (exact) mass is 322 g/mol. The molecule has 0 radical (unpaired) electrons. The van der Waals surface area contributed by atoms with Crippen LogP contribution in [-0.4, -0.2) is 5.11 Å². The molecule has 1 aliphatic carbocycles. The van der Waals surface area contributed by atoms with E-state index in [1.807, 2.05) is 6.07 Å². The van der Waals surface area contributed by atoms with Crippen molar-refractivity contribution < 1.29 is 5.11 Å². The highest BCUT2D eigenvalue weighted by atomic mass is 79.9. The topological polar surface area (TPSA) is 20.2 Å². The maximum Gasteiger partial charge on any atom is 0.105 e. The van der Waals surface area contributed by atoms with Crippen LogP contribution < -0.4 is 0 Å². The molecule has 0 saturated carbocycles. The molecule has 0 amide bonds. The third-order valence-electron chi connectivity index (χ3n) is 3.66. The van der Waals surface area contributed by atoms with Crippen LogP contribution in [0.1, 0.15) is 39.7 Å². The molecule has 1 aliphatic rings. The molecule has 0 spiro atoms. The van der Waals surface area contributed by atoms with E-state index < -0.39 is 6.10 Å². The second kappa shape index (κ2) is 4.80. The number of halogens is 1. The lowest BCUT2D eigenvalue weighted by molar-refractivity contribution is 0.220. The van der Waals surface area contributed by atoms with E-state index in [1.54, 1.807) is 11.3 Å². The van der Waals surface area contributed by atoms with Gasteiger partial charge in [-0.2, -0.15) is 0 Å². The number of hydrogen-bond donors (Lipinski definition) is 1. The first-order chi connectivity index (χ1) is 8.65. The van der Waals surface area contributed by atoms with Crippen LogP contribution in [0, 0.1) is 6.92 Å². The summed E-state index contributed by atoms with van der Waals surface area (Å²) >= 11 is 5.16. The van der Waals surface area contributed by atoms with E-state index >= 15 is 0 Å². The van der Waals surface area contributed by atoms with Crippen molar-refractivity contribution in [3.8, 4) is 0 Å². The minimum atomic E-state index is -0.501. The van der Waals surface area contributed by atoms with Crippen LogP contribution in [0.5, 0.6) is 0 Å². The van der Waals surface area contributed by atoms with Gasteiger partial charge in [0.2, 0.25) is 0 Å². The lowest BCUT2D eigenvalue weighted by atomic mass is 9.98. The molecule has 94 valence electrons. The predicted molar refractivity (Wildman–Crippen MR) is 79.3 cm³/mol. The first-order valence-corrected chi connectivity index (χ1v) is 7.81. The molecule has 1 unspecified atom stereocenters. The van der Waals surface area contributed by atoms with Crippen molar-refractivity contribution >= 4 is 27.3 Å². The Kier molecular flexibility index (Phi) is 3.31. The standard InChI is InChI=1S/C15H15BrOS/c1-9-13(8-14(16)18-9)15(17)12-6-5-10-3-2-4-11(10)7-12/h5-8,15,17H,2-4H2,1H3. The van der Waals surface area contributed by atoms with Crippen LogP contribution in [0.2, 0.25) is 0 Å². The number of hydrogen-bond acceptors (Lipinski definition) is 2. The number of fused-ring (bicyclic) bond motifs is 1. The zero-order valence-corrected chi connectivity index (χ0v) is 12.6. The molecule has 0 fully saturated rings. The van der Waals surface area contributed by atoms with Crippen LogP contribution in [-0.2, 0) is 12.8 Å². The summed E-state index contributed by atoms with van der Waals surface area (Å²) in [5.41, 5.74) is 4.90. The van der Waals surface area contributed by atoms with Crippen molar-refractivity contribution in [2.75, 3.05) is 0 Å². The van der Waals surface area contributed by atoms with E-state index in [0.29, 0.717) is 0 Å². The summed E-state index contributed by atoms with van der Waals surface area (Å²) in [5, 5.41) is 10.5. The van der Waals surface area contributed by atoms with Crippen molar-refractivity contribution in [3.63, 3.8) is 0 Å². The van der Waals surface area contributed by atoms with Gasteiger partial charge in [0.05, 0.1) is 3.79 Å². The molecule has 3 rings (SSSR count). The molecule has 0 aliphatic heterocycles. The molecule has 1 atom stereocenters. The maximum atomic E-state index is 10.5. The average molecular weight is 323 g/mol. The normalized spacial score (nSPS) is 15.7. The van der Waals surface area contributed by atoms with Crippen LogP contribution in [0.25, 0.3) is 0 Å². The van der Waals surface area contributed by atoms with Crippen molar-refractivity contribution in [2.24, 2.45) is 0 Å². The van der Waals surface area contributed by atoms with Gasteiger partial charge in [-0.1, -0.05) is 18.2 Å². The molecular formula is C15H15BrOS. The van der Waals surface area contributed by atoms with Gasteiger partial charge in [-0.15, -0.1) is 11.3 Å². The first-order valence-electron chi connectivity index (χ1n) is 6.21. The Bertz CT molecular complexity index is 588. The van der Waals surface area contributed by atoms with Gasteiger partial charge in [0.25, 0.3) is 0 Å². The number of benzene rings is 1. The summed E-state index contributed by atoms with van der Waals surface area (Å²) in [6.07, 6.45) is 3.09. The number of thiophene rings is 1. The highest BCUT2D eigenvalue weighted by Crippen LogP contribution is 2.35. The van der Waals surface area contributed by atoms with Crippen LogP contribution in [0.3, 0.4) is 0 Å². The van der Waals surface area contributed by atoms with E-state index in [-0.39, 0.29) is 0 Å². The largest absolute Gasteiger partial charge is 0.384 e. The molecule has 18 heavy (non-hydrogen) atoms. The Hall–Kier alpha value is -0.640. The highest BCUT2D eigenvalue weighted by molar-refractivity contribution is 9.11. The van der Waals surface area contributed by atoms with Crippen LogP contribution >= 0.6 is 27.3 Å². The summed E-state index contributed by atoms with van der Waals surface area (Å²) in [6, 6.07) is 8.45.